The van der Waals surface area contributed by atoms with Gasteiger partial charge in [0.05, 0.1) is 12.1 Å². The first-order chi connectivity index (χ1) is 7.22. The molecule has 0 radical (unpaired) electrons. The van der Waals surface area contributed by atoms with Crippen LogP contribution in [0.3, 0.4) is 0 Å². The van der Waals surface area contributed by atoms with Gasteiger partial charge in [-0.2, -0.15) is 0 Å². The van der Waals surface area contributed by atoms with E-state index in [1.54, 1.807) is 12.4 Å². The summed E-state index contributed by atoms with van der Waals surface area (Å²) in [6.45, 7) is 2.69. The van der Waals surface area contributed by atoms with Gasteiger partial charge >= 0.3 is 0 Å². The van der Waals surface area contributed by atoms with Gasteiger partial charge in [0, 0.05) is 32.0 Å². The lowest BCUT2D eigenvalue weighted by atomic mass is 10.0. The molecule has 1 fully saturated rings. The normalized spacial score (nSPS) is 27.1. The summed E-state index contributed by atoms with van der Waals surface area (Å²) in [5.74, 6) is 0. The molecule has 1 aromatic rings. The Bertz CT molecular complexity index is 317. The third-order valence-electron chi connectivity index (χ3n) is 2.93. The van der Waals surface area contributed by atoms with Crippen LogP contribution in [-0.2, 0) is 6.54 Å². The average Bonchev–Trinajstić information content (AvgIpc) is 2.63. The van der Waals surface area contributed by atoms with Crippen LogP contribution in [-0.4, -0.2) is 40.2 Å². The van der Waals surface area contributed by atoms with Crippen LogP contribution in [0.5, 0.6) is 0 Å². The van der Waals surface area contributed by atoms with Crippen LogP contribution >= 0.6 is 0 Å². The van der Waals surface area contributed by atoms with Gasteiger partial charge in [-0.05, 0) is 24.1 Å². The van der Waals surface area contributed by atoms with Gasteiger partial charge in [0.15, 0.2) is 0 Å². The molecule has 1 aliphatic rings. The van der Waals surface area contributed by atoms with Gasteiger partial charge in [0.25, 0.3) is 0 Å². The van der Waals surface area contributed by atoms with Crippen molar-refractivity contribution in [1.82, 2.24) is 9.88 Å². The van der Waals surface area contributed by atoms with E-state index in [1.807, 2.05) is 12.1 Å². The van der Waals surface area contributed by atoms with Crippen LogP contribution in [0.25, 0.3) is 0 Å². The molecule has 15 heavy (non-hydrogen) atoms. The number of rotatable bonds is 3. The van der Waals surface area contributed by atoms with Crippen molar-refractivity contribution in [2.45, 2.75) is 18.5 Å². The van der Waals surface area contributed by atoms with Crippen LogP contribution in [0, 0.1) is 0 Å². The Kier molecular flexibility index (Phi) is 3.00. The van der Waals surface area contributed by atoms with E-state index in [4.69, 9.17) is 10.8 Å². The first-order valence-electron chi connectivity index (χ1n) is 5.23. The molecule has 4 nitrogen and oxygen atoms in total. The summed E-state index contributed by atoms with van der Waals surface area (Å²) in [6.07, 6.45) is 4.47. The van der Waals surface area contributed by atoms with Crippen LogP contribution in [0.2, 0.25) is 0 Å². The summed E-state index contributed by atoms with van der Waals surface area (Å²) in [6, 6.07) is 4.02. The fraction of sp³-hybridized carbons (Fsp3) is 0.545. The number of aromatic nitrogens is 1. The Morgan fingerprint density at radius 2 is 2.20 bits per heavy atom. The van der Waals surface area contributed by atoms with E-state index in [1.165, 1.54) is 5.56 Å². The molecule has 0 saturated carbocycles. The number of pyridine rings is 1. The second-order valence-electron chi connectivity index (χ2n) is 4.34. The maximum atomic E-state index is 9.15. The molecule has 1 unspecified atom stereocenters. The quantitative estimate of drug-likeness (QED) is 0.731. The summed E-state index contributed by atoms with van der Waals surface area (Å²) in [7, 11) is 0. The van der Waals surface area contributed by atoms with Crippen molar-refractivity contribution < 1.29 is 5.11 Å². The minimum Gasteiger partial charge on any atom is -0.394 e. The van der Waals surface area contributed by atoms with Crippen molar-refractivity contribution in [3.8, 4) is 0 Å². The number of aliphatic hydroxyl groups is 1. The second kappa shape index (κ2) is 4.26. The number of nitrogens with zero attached hydrogens (tertiary/aromatic N) is 2. The highest BCUT2D eigenvalue weighted by Gasteiger charge is 2.33. The van der Waals surface area contributed by atoms with Crippen molar-refractivity contribution >= 4 is 0 Å². The Hall–Kier alpha value is -0.970. The molecule has 2 heterocycles. The van der Waals surface area contributed by atoms with Crippen molar-refractivity contribution in [3.63, 3.8) is 0 Å². The smallest absolute Gasteiger partial charge is 0.0624 e. The molecule has 1 saturated heterocycles. The predicted octanol–water partition coefficient (Wildman–Crippen LogP) is -0.0229. The molecule has 1 aliphatic heterocycles. The van der Waals surface area contributed by atoms with Gasteiger partial charge < -0.3 is 10.8 Å². The van der Waals surface area contributed by atoms with Crippen LogP contribution in [0.1, 0.15) is 12.0 Å². The maximum absolute atomic E-state index is 9.15. The zero-order chi connectivity index (χ0) is 10.7. The third-order valence-corrected chi connectivity index (χ3v) is 2.93. The number of hydrogen-bond acceptors (Lipinski definition) is 4. The third kappa shape index (κ3) is 2.53. The van der Waals surface area contributed by atoms with Gasteiger partial charge in [-0.15, -0.1) is 0 Å². The Morgan fingerprint density at radius 1 is 1.47 bits per heavy atom. The maximum Gasteiger partial charge on any atom is 0.0624 e. The lowest BCUT2D eigenvalue weighted by molar-refractivity contribution is 0.192. The molecule has 0 bridgehead atoms. The monoisotopic (exact) mass is 207 g/mol. The van der Waals surface area contributed by atoms with Crippen molar-refractivity contribution in [2.24, 2.45) is 5.73 Å². The summed E-state index contributed by atoms with van der Waals surface area (Å²) in [5, 5.41) is 9.15. The van der Waals surface area contributed by atoms with Crippen LogP contribution in [0.4, 0.5) is 0 Å². The summed E-state index contributed by atoms with van der Waals surface area (Å²) >= 11 is 0. The van der Waals surface area contributed by atoms with E-state index in [0.717, 1.165) is 26.1 Å². The van der Waals surface area contributed by atoms with E-state index in [0.29, 0.717) is 0 Å². The zero-order valence-electron chi connectivity index (χ0n) is 8.76. The Balaban J connectivity index is 1.93. The minimum absolute atomic E-state index is 0.0693. The fourth-order valence-electron chi connectivity index (χ4n) is 1.99. The summed E-state index contributed by atoms with van der Waals surface area (Å²) in [4.78, 5) is 6.25. The highest BCUT2D eigenvalue weighted by molar-refractivity contribution is 5.10. The molecular weight excluding hydrogens is 190 g/mol. The number of aliphatic hydroxyl groups excluding tert-OH is 1. The first kappa shape index (κ1) is 10.5. The van der Waals surface area contributed by atoms with E-state index < -0.39 is 5.54 Å². The van der Waals surface area contributed by atoms with Gasteiger partial charge in [0.1, 0.15) is 0 Å². The van der Waals surface area contributed by atoms with E-state index in [2.05, 4.69) is 9.88 Å². The van der Waals surface area contributed by atoms with E-state index in [-0.39, 0.29) is 6.61 Å². The van der Waals surface area contributed by atoms with Gasteiger partial charge in [-0.1, -0.05) is 0 Å². The minimum atomic E-state index is -0.396. The lowest BCUT2D eigenvalue weighted by Crippen LogP contribution is -2.45. The summed E-state index contributed by atoms with van der Waals surface area (Å²) < 4.78 is 0. The molecule has 0 spiro atoms. The van der Waals surface area contributed by atoms with Crippen LogP contribution in [0.15, 0.2) is 24.5 Å². The molecule has 3 N–H and O–H groups in total. The standard InChI is InChI=1S/C11H17N3O/c12-11(9-15)3-6-14(8-11)7-10-1-4-13-5-2-10/h1-2,4-5,15H,3,6-9,12H2. The molecule has 0 aromatic carbocycles. The fourth-order valence-corrected chi connectivity index (χ4v) is 1.99. The van der Waals surface area contributed by atoms with E-state index in [9.17, 15) is 0 Å². The number of likely N-dealkylation sites (tertiary alicyclic amines) is 1. The number of nitrogens with two attached hydrogens (primary N) is 1. The van der Waals surface area contributed by atoms with Crippen LogP contribution < -0.4 is 5.73 Å². The highest BCUT2D eigenvalue weighted by atomic mass is 16.3. The van der Waals surface area contributed by atoms with Crippen molar-refractivity contribution in [1.29, 1.82) is 0 Å². The molecule has 82 valence electrons. The van der Waals surface area contributed by atoms with Gasteiger partial charge in [-0.25, -0.2) is 0 Å². The molecular formula is C11H17N3O. The molecule has 0 aliphatic carbocycles. The largest absolute Gasteiger partial charge is 0.394 e. The first-order valence-corrected chi connectivity index (χ1v) is 5.23. The lowest BCUT2D eigenvalue weighted by Gasteiger charge is -2.21. The number of hydrogen-bond donors (Lipinski definition) is 2. The van der Waals surface area contributed by atoms with Crippen molar-refractivity contribution in [3.05, 3.63) is 30.1 Å². The van der Waals surface area contributed by atoms with Crippen molar-refractivity contribution in [2.75, 3.05) is 19.7 Å². The van der Waals surface area contributed by atoms with Gasteiger partial charge in [0.2, 0.25) is 0 Å². The molecule has 1 aromatic heterocycles. The molecule has 0 amide bonds. The molecule has 4 heteroatoms. The Morgan fingerprint density at radius 3 is 2.80 bits per heavy atom. The van der Waals surface area contributed by atoms with Gasteiger partial charge in [-0.3, -0.25) is 9.88 Å². The summed E-state index contributed by atoms with van der Waals surface area (Å²) in [5.41, 5.74) is 6.85. The predicted molar refractivity (Wildman–Crippen MR) is 58.1 cm³/mol. The topological polar surface area (TPSA) is 62.4 Å². The average molecular weight is 207 g/mol. The molecule has 1 atom stereocenters. The Labute approximate surface area is 89.7 Å². The molecule has 2 rings (SSSR count). The van der Waals surface area contributed by atoms with E-state index >= 15 is 0 Å². The highest BCUT2D eigenvalue weighted by Crippen LogP contribution is 2.19. The zero-order valence-corrected chi connectivity index (χ0v) is 8.76. The second-order valence-corrected chi connectivity index (χ2v) is 4.34. The SMILES string of the molecule is NC1(CO)CCN(Cc2ccncc2)C1.